The smallest absolute Gasteiger partial charge is 0.239 e. The summed E-state index contributed by atoms with van der Waals surface area (Å²) in [6.07, 6.45) is 4.22. The van der Waals surface area contributed by atoms with E-state index in [0.29, 0.717) is 32.6 Å². The van der Waals surface area contributed by atoms with E-state index in [1.807, 2.05) is 30.9 Å². The second kappa shape index (κ2) is 6.94. The fourth-order valence-corrected chi connectivity index (χ4v) is 5.38. The summed E-state index contributed by atoms with van der Waals surface area (Å²) in [4.78, 5) is 42.2. The summed E-state index contributed by atoms with van der Waals surface area (Å²) in [6, 6.07) is 6.25. The Kier molecular flexibility index (Phi) is 4.47. The maximum atomic E-state index is 13.5. The first-order valence-electron chi connectivity index (χ1n) is 10.7. The Bertz CT molecular complexity index is 958. The van der Waals surface area contributed by atoms with Crippen LogP contribution in [0.5, 0.6) is 0 Å². The van der Waals surface area contributed by atoms with E-state index in [9.17, 15) is 14.4 Å². The number of aryl methyl sites for hydroxylation is 2. The van der Waals surface area contributed by atoms with Gasteiger partial charge in [0.1, 0.15) is 5.60 Å². The van der Waals surface area contributed by atoms with Crippen molar-refractivity contribution in [3.8, 4) is 0 Å². The van der Waals surface area contributed by atoms with Gasteiger partial charge in [-0.3, -0.25) is 14.4 Å². The van der Waals surface area contributed by atoms with Crippen molar-refractivity contribution in [1.82, 2.24) is 15.1 Å². The van der Waals surface area contributed by atoms with Crippen LogP contribution in [0.25, 0.3) is 0 Å². The van der Waals surface area contributed by atoms with Gasteiger partial charge >= 0.3 is 0 Å². The average molecular weight is 409 g/mol. The molecule has 7 nitrogen and oxygen atoms in total. The maximum Gasteiger partial charge on any atom is 0.239 e. The van der Waals surface area contributed by atoms with E-state index >= 15 is 0 Å². The normalized spacial score (nSPS) is 32.4. The molecule has 0 radical (unpaired) electrons. The largest absolute Gasteiger partial charge is 0.360 e. The zero-order chi connectivity index (χ0) is 21.0. The molecule has 4 aliphatic heterocycles. The molecule has 2 bridgehead atoms. The van der Waals surface area contributed by atoms with Gasteiger partial charge in [0.05, 0.1) is 31.0 Å². The molecule has 5 rings (SSSR count). The molecule has 1 aromatic rings. The van der Waals surface area contributed by atoms with Crippen LogP contribution in [0.1, 0.15) is 23.1 Å². The Hall–Kier alpha value is -2.67. The van der Waals surface area contributed by atoms with Crippen molar-refractivity contribution in [1.29, 1.82) is 0 Å². The number of likely N-dealkylation sites (tertiary alicyclic amines) is 1. The van der Waals surface area contributed by atoms with Crippen LogP contribution < -0.4 is 5.32 Å². The summed E-state index contributed by atoms with van der Waals surface area (Å²) in [5, 5.41) is 2.80. The van der Waals surface area contributed by atoms with Gasteiger partial charge in [0, 0.05) is 19.6 Å². The van der Waals surface area contributed by atoms with E-state index in [-0.39, 0.29) is 30.4 Å². The maximum absolute atomic E-state index is 13.5. The van der Waals surface area contributed by atoms with Crippen LogP contribution in [0, 0.1) is 25.7 Å². The number of amides is 3. The summed E-state index contributed by atoms with van der Waals surface area (Å²) in [6.45, 7) is 6.20. The summed E-state index contributed by atoms with van der Waals surface area (Å²) in [7, 11) is 0. The molecule has 1 spiro atoms. The molecule has 7 heteroatoms. The molecule has 0 saturated carbocycles. The van der Waals surface area contributed by atoms with Crippen LogP contribution in [0.15, 0.2) is 30.4 Å². The standard InChI is InChI=1S/C23H27N3O4/c1-14-4-5-15(2)16(10-14)11-26-13-23-7-6-17(30-23)19(20(23)22(26)29)21(28)25-9-3-8-24-18(27)12-25/h4-7,10,17,19-20H,3,8-9,11-13H2,1-2H3,(H,24,27)/t17-,19?,20?,23-/m1/s1. The Morgan fingerprint density at radius 1 is 1.30 bits per heavy atom. The zero-order valence-electron chi connectivity index (χ0n) is 17.4. The van der Waals surface area contributed by atoms with Crippen LogP contribution in [0.4, 0.5) is 0 Å². The summed E-state index contributed by atoms with van der Waals surface area (Å²) >= 11 is 0. The fraction of sp³-hybridized carbons (Fsp3) is 0.522. The van der Waals surface area contributed by atoms with Gasteiger partial charge in [-0.1, -0.05) is 35.9 Å². The van der Waals surface area contributed by atoms with Crippen molar-refractivity contribution in [2.24, 2.45) is 11.8 Å². The first kappa shape index (κ1) is 19.3. The Morgan fingerprint density at radius 2 is 2.13 bits per heavy atom. The summed E-state index contributed by atoms with van der Waals surface area (Å²) < 4.78 is 6.24. The number of nitrogens with zero attached hydrogens (tertiary/aromatic N) is 2. The minimum Gasteiger partial charge on any atom is -0.360 e. The quantitative estimate of drug-likeness (QED) is 0.754. The van der Waals surface area contributed by atoms with Crippen LogP contribution in [0.3, 0.4) is 0 Å². The Labute approximate surface area is 176 Å². The summed E-state index contributed by atoms with van der Waals surface area (Å²) in [5.41, 5.74) is 2.69. The second-order valence-corrected chi connectivity index (χ2v) is 8.99. The van der Waals surface area contributed by atoms with Gasteiger partial charge in [-0.15, -0.1) is 0 Å². The SMILES string of the molecule is Cc1ccc(C)c(CN2C[C@@]34C=C[C@@H](O3)C(C(=O)N3CCCNC(=O)C3)C4C2=O)c1. The third kappa shape index (κ3) is 2.95. The highest BCUT2D eigenvalue weighted by atomic mass is 16.5. The number of hydrogen-bond donors (Lipinski definition) is 1. The first-order chi connectivity index (χ1) is 14.4. The number of carbonyl (C=O) groups excluding carboxylic acids is 3. The molecule has 3 saturated heterocycles. The predicted octanol–water partition coefficient (Wildman–Crippen LogP) is 0.934. The fourth-order valence-electron chi connectivity index (χ4n) is 5.38. The molecule has 0 aliphatic carbocycles. The number of ether oxygens (including phenoxy) is 1. The van der Waals surface area contributed by atoms with Gasteiger partial charge in [-0.05, 0) is 31.4 Å². The van der Waals surface area contributed by atoms with Crippen molar-refractivity contribution in [3.63, 3.8) is 0 Å². The topological polar surface area (TPSA) is 79.0 Å². The molecule has 0 aromatic heterocycles. The number of rotatable bonds is 3. The lowest BCUT2D eigenvalue weighted by Crippen LogP contribution is -2.47. The van der Waals surface area contributed by atoms with Crippen molar-refractivity contribution in [3.05, 3.63) is 47.0 Å². The van der Waals surface area contributed by atoms with E-state index in [1.165, 1.54) is 0 Å². The molecule has 1 N–H and O–H groups in total. The van der Waals surface area contributed by atoms with Gasteiger partial charge in [0.2, 0.25) is 17.7 Å². The number of nitrogens with one attached hydrogen (secondary N) is 1. The third-order valence-corrected chi connectivity index (χ3v) is 6.90. The number of benzene rings is 1. The minimum absolute atomic E-state index is 0.0274. The van der Waals surface area contributed by atoms with Gasteiger partial charge in [-0.25, -0.2) is 0 Å². The Balaban J connectivity index is 1.40. The lowest BCUT2D eigenvalue weighted by atomic mass is 9.76. The highest BCUT2D eigenvalue weighted by molar-refractivity contribution is 5.94. The van der Waals surface area contributed by atoms with E-state index in [4.69, 9.17) is 4.74 Å². The predicted molar refractivity (Wildman–Crippen MR) is 109 cm³/mol. The van der Waals surface area contributed by atoms with Crippen molar-refractivity contribution < 1.29 is 19.1 Å². The van der Waals surface area contributed by atoms with Gasteiger partial charge in [0.15, 0.2) is 0 Å². The van der Waals surface area contributed by atoms with Crippen molar-refractivity contribution in [2.45, 2.75) is 38.5 Å². The van der Waals surface area contributed by atoms with E-state index in [0.717, 1.165) is 16.7 Å². The molecule has 4 atom stereocenters. The molecule has 4 aliphatic rings. The van der Waals surface area contributed by atoms with Crippen LogP contribution in [0.2, 0.25) is 0 Å². The van der Waals surface area contributed by atoms with E-state index in [1.54, 1.807) is 4.90 Å². The van der Waals surface area contributed by atoms with Crippen molar-refractivity contribution >= 4 is 17.7 Å². The number of fused-ring (bicyclic) bond motifs is 1. The van der Waals surface area contributed by atoms with Gasteiger partial charge < -0.3 is 19.9 Å². The lowest BCUT2D eigenvalue weighted by Gasteiger charge is -2.28. The average Bonchev–Trinajstić information content (AvgIpc) is 3.28. The molecule has 30 heavy (non-hydrogen) atoms. The van der Waals surface area contributed by atoms with E-state index < -0.39 is 17.4 Å². The molecule has 1 aromatic carbocycles. The lowest BCUT2D eigenvalue weighted by molar-refractivity contribution is -0.144. The first-order valence-corrected chi connectivity index (χ1v) is 10.7. The molecular formula is C23H27N3O4. The van der Waals surface area contributed by atoms with E-state index in [2.05, 4.69) is 23.5 Å². The molecule has 2 unspecified atom stereocenters. The zero-order valence-corrected chi connectivity index (χ0v) is 17.4. The molecule has 4 heterocycles. The van der Waals surface area contributed by atoms with Crippen LogP contribution in [-0.4, -0.2) is 65.4 Å². The van der Waals surface area contributed by atoms with Crippen LogP contribution in [-0.2, 0) is 25.7 Å². The molecule has 3 fully saturated rings. The highest BCUT2D eigenvalue weighted by Crippen LogP contribution is 2.52. The third-order valence-electron chi connectivity index (χ3n) is 6.90. The second-order valence-electron chi connectivity index (χ2n) is 8.99. The van der Waals surface area contributed by atoms with Gasteiger partial charge in [-0.2, -0.15) is 0 Å². The number of hydrogen-bond acceptors (Lipinski definition) is 4. The monoisotopic (exact) mass is 409 g/mol. The molecular weight excluding hydrogens is 382 g/mol. The number of carbonyl (C=O) groups is 3. The minimum atomic E-state index is -0.728. The van der Waals surface area contributed by atoms with Gasteiger partial charge in [0.25, 0.3) is 0 Å². The highest BCUT2D eigenvalue weighted by Gasteiger charge is 2.67. The molecule has 3 amide bonds. The summed E-state index contributed by atoms with van der Waals surface area (Å²) in [5.74, 6) is -1.39. The van der Waals surface area contributed by atoms with Crippen molar-refractivity contribution in [2.75, 3.05) is 26.2 Å². The Morgan fingerprint density at radius 3 is 2.97 bits per heavy atom. The molecule has 158 valence electrons. The van der Waals surface area contributed by atoms with Crippen LogP contribution >= 0.6 is 0 Å².